The van der Waals surface area contributed by atoms with E-state index in [1.54, 1.807) is 12.4 Å². The summed E-state index contributed by atoms with van der Waals surface area (Å²) < 4.78 is 0. The summed E-state index contributed by atoms with van der Waals surface area (Å²) in [6.45, 7) is 0. The third kappa shape index (κ3) is 2.67. The van der Waals surface area contributed by atoms with Crippen molar-refractivity contribution in [3.63, 3.8) is 0 Å². The highest BCUT2D eigenvalue weighted by Crippen LogP contribution is 2.20. The molecule has 0 saturated carbocycles. The number of ketones is 1. The van der Waals surface area contributed by atoms with Crippen LogP contribution in [-0.4, -0.2) is 12.0 Å². The van der Waals surface area contributed by atoms with Crippen molar-refractivity contribution in [2.75, 3.05) is 5.32 Å². The Morgan fingerprint density at radius 1 is 1.00 bits per heavy atom. The largest absolute Gasteiger partial charge is 0.357 e. The van der Waals surface area contributed by atoms with E-state index in [1.165, 1.54) is 0 Å². The lowest BCUT2D eigenvalue weighted by atomic mass is 10.1. The number of allylic oxidation sites excluding steroid dienone is 1. The summed E-state index contributed by atoms with van der Waals surface area (Å²) in [7, 11) is 0. The lowest BCUT2D eigenvalue weighted by Gasteiger charge is -2.10. The monoisotopic (exact) mass is 262 g/mol. The number of carbonyl (C=O) groups excluding carboxylic acids is 1. The Bertz CT molecular complexity index is 687. The maximum absolute atomic E-state index is 12.2. The van der Waals surface area contributed by atoms with Crippen LogP contribution < -0.4 is 5.32 Å². The Labute approximate surface area is 117 Å². The lowest BCUT2D eigenvalue weighted by Crippen LogP contribution is -2.07. The molecular formula is C17H14N2O. The number of hydrogen-bond donors (Lipinski definition) is 1. The van der Waals surface area contributed by atoms with E-state index in [0.29, 0.717) is 6.42 Å². The number of aliphatic imine (C=N–C) groups is 1. The SMILES string of the molecule is O=C(CC1=CN=Cc2ccccc2N1)c1ccccc1. The molecule has 3 nitrogen and oxygen atoms in total. The number of carbonyl (C=O) groups is 1. The molecule has 0 aromatic heterocycles. The zero-order valence-corrected chi connectivity index (χ0v) is 10.9. The van der Waals surface area contributed by atoms with Crippen molar-refractivity contribution < 1.29 is 4.79 Å². The molecule has 0 fully saturated rings. The van der Waals surface area contributed by atoms with E-state index in [4.69, 9.17) is 0 Å². The smallest absolute Gasteiger partial charge is 0.168 e. The summed E-state index contributed by atoms with van der Waals surface area (Å²) in [6.07, 6.45) is 3.82. The van der Waals surface area contributed by atoms with E-state index >= 15 is 0 Å². The Hall–Kier alpha value is -2.68. The number of fused-ring (bicyclic) bond motifs is 1. The van der Waals surface area contributed by atoms with Crippen LogP contribution in [0.15, 0.2) is 71.5 Å². The maximum atomic E-state index is 12.2. The van der Waals surface area contributed by atoms with Crippen LogP contribution in [0.5, 0.6) is 0 Å². The molecule has 0 saturated heterocycles. The second kappa shape index (κ2) is 5.53. The normalized spacial score (nSPS) is 12.9. The lowest BCUT2D eigenvalue weighted by molar-refractivity contribution is 0.0993. The fourth-order valence-electron chi connectivity index (χ4n) is 2.13. The molecular weight excluding hydrogens is 248 g/mol. The van der Waals surface area contributed by atoms with Gasteiger partial charge in [0.15, 0.2) is 5.78 Å². The third-order valence-corrected chi connectivity index (χ3v) is 3.15. The van der Waals surface area contributed by atoms with Crippen LogP contribution in [0.25, 0.3) is 0 Å². The number of rotatable bonds is 3. The van der Waals surface area contributed by atoms with Gasteiger partial charge in [-0.05, 0) is 6.07 Å². The van der Waals surface area contributed by atoms with Crippen LogP contribution in [0.2, 0.25) is 0 Å². The molecule has 0 spiro atoms. The predicted octanol–water partition coefficient (Wildman–Crippen LogP) is 3.65. The Morgan fingerprint density at radius 2 is 1.75 bits per heavy atom. The Morgan fingerprint density at radius 3 is 2.60 bits per heavy atom. The van der Waals surface area contributed by atoms with Crippen LogP contribution >= 0.6 is 0 Å². The second-order valence-electron chi connectivity index (χ2n) is 4.61. The number of anilines is 1. The molecule has 1 N–H and O–H groups in total. The fourth-order valence-corrected chi connectivity index (χ4v) is 2.13. The Kier molecular flexibility index (Phi) is 3.42. The molecule has 0 unspecified atom stereocenters. The molecule has 20 heavy (non-hydrogen) atoms. The summed E-state index contributed by atoms with van der Waals surface area (Å²) in [4.78, 5) is 16.4. The number of nitrogens with zero attached hydrogens (tertiary/aromatic N) is 1. The van der Waals surface area contributed by atoms with Gasteiger partial charge in [0.05, 0.1) is 6.42 Å². The first-order chi connectivity index (χ1) is 9.83. The van der Waals surface area contributed by atoms with E-state index in [1.807, 2.05) is 54.6 Å². The molecule has 1 aliphatic heterocycles. The summed E-state index contributed by atoms with van der Waals surface area (Å²) in [5.74, 6) is 0.0823. The second-order valence-corrected chi connectivity index (χ2v) is 4.61. The fraction of sp³-hybridized carbons (Fsp3) is 0.0588. The van der Waals surface area contributed by atoms with Gasteiger partial charge < -0.3 is 5.32 Å². The first-order valence-electron chi connectivity index (χ1n) is 6.49. The summed E-state index contributed by atoms with van der Waals surface area (Å²) in [5, 5.41) is 3.28. The first-order valence-corrected chi connectivity index (χ1v) is 6.49. The molecule has 3 rings (SSSR count). The van der Waals surface area contributed by atoms with Crippen LogP contribution in [-0.2, 0) is 0 Å². The number of nitrogens with one attached hydrogen (secondary N) is 1. The molecule has 2 aromatic rings. The minimum atomic E-state index is 0.0823. The number of hydrogen-bond acceptors (Lipinski definition) is 3. The molecule has 1 heterocycles. The highest BCUT2D eigenvalue weighted by Gasteiger charge is 2.11. The van der Waals surface area contributed by atoms with Gasteiger partial charge in [-0.25, -0.2) is 0 Å². The third-order valence-electron chi connectivity index (χ3n) is 3.15. The number of benzene rings is 2. The highest BCUT2D eigenvalue weighted by atomic mass is 16.1. The standard InChI is InChI=1S/C17H14N2O/c20-17(13-6-2-1-3-7-13)10-15-12-18-11-14-8-4-5-9-16(14)19-15/h1-9,11-12,19H,10H2. The van der Waals surface area contributed by atoms with Crippen molar-refractivity contribution in [2.24, 2.45) is 4.99 Å². The van der Waals surface area contributed by atoms with E-state index < -0.39 is 0 Å². The van der Waals surface area contributed by atoms with Gasteiger partial charge in [0.2, 0.25) is 0 Å². The predicted molar refractivity (Wildman–Crippen MR) is 81.1 cm³/mol. The van der Waals surface area contributed by atoms with Gasteiger partial charge in [0, 0.05) is 34.9 Å². The van der Waals surface area contributed by atoms with Crippen LogP contribution in [0.1, 0.15) is 22.3 Å². The van der Waals surface area contributed by atoms with Crippen LogP contribution in [0.3, 0.4) is 0 Å². The average molecular weight is 262 g/mol. The van der Waals surface area contributed by atoms with E-state index in [9.17, 15) is 4.79 Å². The van der Waals surface area contributed by atoms with E-state index in [0.717, 1.165) is 22.5 Å². The van der Waals surface area contributed by atoms with Crippen LogP contribution in [0.4, 0.5) is 5.69 Å². The van der Waals surface area contributed by atoms with Crippen molar-refractivity contribution >= 4 is 17.7 Å². The topological polar surface area (TPSA) is 41.5 Å². The maximum Gasteiger partial charge on any atom is 0.168 e. The van der Waals surface area contributed by atoms with Gasteiger partial charge in [-0.3, -0.25) is 9.79 Å². The van der Waals surface area contributed by atoms with Crippen LogP contribution in [0, 0.1) is 0 Å². The van der Waals surface area contributed by atoms with Gasteiger partial charge in [-0.2, -0.15) is 0 Å². The van der Waals surface area contributed by atoms with Crippen molar-refractivity contribution in [3.8, 4) is 0 Å². The van der Waals surface area contributed by atoms with Gasteiger partial charge >= 0.3 is 0 Å². The molecule has 0 radical (unpaired) electrons. The zero-order chi connectivity index (χ0) is 13.8. The molecule has 0 aliphatic carbocycles. The molecule has 0 atom stereocenters. The van der Waals surface area contributed by atoms with Crippen molar-refractivity contribution in [1.82, 2.24) is 0 Å². The average Bonchev–Trinajstić information content (AvgIpc) is 2.69. The Balaban J connectivity index is 1.78. The number of para-hydroxylation sites is 1. The molecule has 2 aromatic carbocycles. The minimum absolute atomic E-state index is 0.0823. The minimum Gasteiger partial charge on any atom is -0.357 e. The van der Waals surface area contributed by atoms with Gasteiger partial charge in [-0.15, -0.1) is 0 Å². The molecule has 0 bridgehead atoms. The first kappa shape index (κ1) is 12.4. The van der Waals surface area contributed by atoms with Crippen molar-refractivity contribution in [2.45, 2.75) is 6.42 Å². The van der Waals surface area contributed by atoms with Gasteiger partial charge in [-0.1, -0.05) is 48.5 Å². The van der Waals surface area contributed by atoms with Crippen molar-refractivity contribution in [3.05, 3.63) is 77.6 Å². The molecule has 98 valence electrons. The van der Waals surface area contributed by atoms with Gasteiger partial charge in [0.25, 0.3) is 0 Å². The van der Waals surface area contributed by atoms with Crippen molar-refractivity contribution in [1.29, 1.82) is 0 Å². The quantitative estimate of drug-likeness (QED) is 0.858. The molecule has 1 aliphatic rings. The highest BCUT2D eigenvalue weighted by molar-refractivity contribution is 5.98. The van der Waals surface area contributed by atoms with Gasteiger partial charge in [0.1, 0.15) is 0 Å². The molecule has 3 heteroatoms. The summed E-state index contributed by atoms with van der Waals surface area (Å²) in [5.41, 5.74) is 3.52. The summed E-state index contributed by atoms with van der Waals surface area (Å²) in [6, 6.07) is 17.2. The zero-order valence-electron chi connectivity index (χ0n) is 10.9. The molecule has 0 amide bonds. The summed E-state index contributed by atoms with van der Waals surface area (Å²) >= 11 is 0. The van der Waals surface area contributed by atoms with E-state index in [-0.39, 0.29) is 5.78 Å². The van der Waals surface area contributed by atoms with E-state index in [2.05, 4.69) is 10.3 Å². The number of Topliss-reactive ketones (excluding diaryl/α,β-unsaturated/α-hetero) is 1.